The molecule has 138 valence electrons. The molecule has 3 aromatic rings. The van der Waals surface area contributed by atoms with Crippen molar-refractivity contribution in [2.75, 3.05) is 16.4 Å². The zero-order valence-electron chi connectivity index (χ0n) is 15.0. The fourth-order valence-electron chi connectivity index (χ4n) is 2.49. The normalized spacial score (nSPS) is 10.4. The lowest BCUT2D eigenvalue weighted by Crippen LogP contribution is -2.14. The number of rotatable bonds is 6. The van der Waals surface area contributed by atoms with Crippen LogP contribution in [0.5, 0.6) is 0 Å². The molecule has 1 heterocycles. The molecule has 0 aliphatic rings. The molecule has 0 bridgehead atoms. The fraction of sp³-hybridized carbons (Fsp3) is 0.158. The van der Waals surface area contributed by atoms with Gasteiger partial charge in [-0.05, 0) is 42.8 Å². The maximum atomic E-state index is 12.2. The second-order valence-electron chi connectivity index (χ2n) is 5.87. The number of nitrogens with one attached hydrogen (secondary N) is 2. The highest BCUT2D eigenvalue weighted by molar-refractivity contribution is 7.99. The van der Waals surface area contributed by atoms with Gasteiger partial charge in [0.05, 0.1) is 11.4 Å². The molecule has 0 fully saturated rings. The average Bonchev–Trinajstić information content (AvgIpc) is 3.10. The Morgan fingerprint density at radius 3 is 2.37 bits per heavy atom. The molecule has 2 N–H and O–H groups in total. The molecule has 0 unspecified atom stereocenters. The number of aromatic nitrogens is 3. The highest BCUT2D eigenvalue weighted by Crippen LogP contribution is 2.22. The van der Waals surface area contributed by atoms with Gasteiger partial charge in [-0.3, -0.25) is 14.2 Å². The van der Waals surface area contributed by atoms with Gasteiger partial charge in [0.1, 0.15) is 6.33 Å². The second-order valence-corrected chi connectivity index (χ2v) is 6.81. The molecule has 1 aromatic heterocycles. The monoisotopic (exact) mass is 381 g/mol. The minimum atomic E-state index is -0.147. The van der Waals surface area contributed by atoms with Crippen molar-refractivity contribution in [3.63, 3.8) is 0 Å². The van der Waals surface area contributed by atoms with Crippen LogP contribution in [0.2, 0.25) is 0 Å². The first-order valence-corrected chi connectivity index (χ1v) is 9.28. The third kappa shape index (κ3) is 4.95. The van der Waals surface area contributed by atoms with Gasteiger partial charge in [-0.1, -0.05) is 30.0 Å². The van der Waals surface area contributed by atoms with Crippen molar-refractivity contribution in [3.8, 4) is 5.69 Å². The molecular weight excluding hydrogens is 362 g/mol. The number of thioether (sulfide) groups is 1. The van der Waals surface area contributed by atoms with Crippen LogP contribution in [0.4, 0.5) is 11.4 Å². The Hall–Kier alpha value is -3.13. The van der Waals surface area contributed by atoms with Gasteiger partial charge in [0, 0.05) is 18.3 Å². The Bertz CT molecular complexity index is 953. The summed E-state index contributed by atoms with van der Waals surface area (Å²) in [6, 6.07) is 14.9. The van der Waals surface area contributed by atoms with Crippen molar-refractivity contribution < 1.29 is 9.59 Å². The number of para-hydroxylation sites is 1. The highest BCUT2D eigenvalue weighted by atomic mass is 32.2. The first-order valence-electron chi connectivity index (χ1n) is 8.29. The average molecular weight is 381 g/mol. The molecule has 0 spiro atoms. The molecule has 8 heteroatoms. The summed E-state index contributed by atoms with van der Waals surface area (Å²) in [6.45, 7) is 3.46. The van der Waals surface area contributed by atoms with Gasteiger partial charge in [0.25, 0.3) is 0 Å². The molecule has 27 heavy (non-hydrogen) atoms. The van der Waals surface area contributed by atoms with Gasteiger partial charge in [0.15, 0.2) is 5.16 Å². The van der Waals surface area contributed by atoms with Crippen molar-refractivity contribution in [2.45, 2.75) is 19.0 Å². The van der Waals surface area contributed by atoms with Gasteiger partial charge in [-0.15, -0.1) is 10.2 Å². The zero-order valence-corrected chi connectivity index (χ0v) is 15.8. The zero-order chi connectivity index (χ0) is 19.2. The third-order valence-electron chi connectivity index (χ3n) is 3.71. The molecule has 0 atom stereocenters. The van der Waals surface area contributed by atoms with E-state index in [0.717, 1.165) is 11.3 Å². The van der Waals surface area contributed by atoms with Crippen LogP contribution in [0.15, 0.2) is 60.0 Å². The summed E-state index contributed by atoms with van der Waals surface area (Å²) in [6.07, 6.45) is 1.64. The van der Waals surface area contributed by atoms with E-state index >= 15 is 0 Å². The van der Waals surface area contributed by atoms with Gasteiger partial charge in [-0.25, -0.2) is 0 Å². The SMILES string of the molecule is CC(=O)Nc1ccc(NC(=O)CSc2nncn2-c2ccccc2C)cc1. The number of carbonyl (C=O) groups is 2. The van der Waals surface area contributed by atoms with Crippen LogP contribution in [-0.2, 0) is 9.59 Å². The van der Waals surface area contributed by atoms with Crippen LogP contribution < -0.4 is 10.6 Å². The highest BCUT2D eigenvalue weighted by Gasteiger charge is 2.11. The molecule has 0 aliphatic heterocycles. The van der Waals surface area contributed by atoms with Crippen LogP contribution >= 0.6 is 11.8 Å². The summed E-state index contributed by atoms with van der Waals surface area (Å²) in [7, 11) is 0. The quantitative estimate of drug-likeness (QED) is 0.640. The summed E-state index contributed by atoms with van der Waals surface area (Å²) in [5.41, 5.74) is 3.43. The van der Waals surface area contributed by atoms with E-state index < -0.39 is 0 Å². The summed E-state index contributed by atoms with van der Waals surface area (Å²) >= 11 is 1.32. The molecular formula is C19H19N5O2S. The first kappa shape index (κ1) is 18.7. The maximum absolute atomic E-state index is 12.2. The number of aryl methyl sites for hydroxylation is 1. The maximum Gasteiger partial charge on any atom is 0.234 e. The van der Waals surface area contributed by atoms with E-state index in [2.05, 4.69) is 20.8 Å². The van der Waals surface area contributed by atoms with E-state index in [-0.39, 0.29) is 17.6 Å². The second kappa shape index (κ2) is 8.50. The van der Waals surface area contributed by atoms with Crippen LogP contribution in [0, 0.1) is 6.92 Å². The third-order valence-corrected chi connectivity index (χ3v) is 4.66. The fourth-order valence-corrected chi connectivity index (χ4v) is 3.21. The van der Waals surface area contributed by atoms with E-state index in [0.29, 0.717) is 16.5 Å². The number of nitrogens with zero attached hydrogens (tertiary/aromatic N) is 3. The number of carbonyl (C=O) groups excluding carboxylic acids is 2. The van der Waals surface area contributed by atoms with Gasteiger partial charge in [0.2, 0.25) is 11.8 Å². The van der Waals surface area contributed by atoms with Crippen molar-refractivity contribution in [1.82, 2.24) is 14.8 Å². The van der Waals surface area contributed by atoms with Gasteiger partial charge < -0.3 is 10.6 Å². The Kier molecular flexibility index (Phi) is 5.87. The topological polar surface area (TPSA) is 88.9 Å². The lowest BCUT2D eigenvalue weighted by Gasteiger charge is -2.09. The molecule has 0 radical (unpaired) electrons. The lowest BCUT2D eigenvalue weighted by atomic mass is 10.2. The van der Waals surface area contributed by atoms with E-state index in [1.165, 1.54) is 18.7 Å². The molecule has 0 saturated heterocycles. The lowest BCUT2D eigenvalue weighted by molar-refractivity contribution is -0.114. The predicted octanol–water partition coefficient (Wildman–Crippen LogP) is 3.26. The number of benzene rings is 2. The van der Waals surface area contributed by atoms with Crippen molar-refractivity contribution in [3.05, 3.63) is 60.4 Å². The summed E-state index contributed by atoms with van der Waals surface area (Å²) in [5, 5.41) is 14.2. The number of amides is 2. The Morgan fingerprint density at radius 1 is 1.04 bits per heavy atom. The van der Waals surface area contributed by atoms with Crippen LogP contribution in [0.3, 0.4) is 0 Å². The summed E-state index contributed by atoms with van der Waals surface area (Å²) < 4.78 is 1.87. The van der Waals surface area contributed by atoms with Crippen molar-refractivity contribution >= 4 is 35.0 Å². The van der Waals surface area contributed by atoms with Gasteiger partial charge >= 0.3 is 0 Å². The molecule has 0 saturated carbocycles. The number of anilines is 2. The first-order chi connectivity index (χ1) is 13.0. The molecule has 2 amide bonds. The molecule has 2 aromatic carbocycles. The van der Waals surface area contributed by atoms with E-state index in [1.807, 2.05) is 35.8 Å². The number of hydrogen-bond donors (Lipinski definition) is 2. The van der Waals surface area contributed by atoms with Crippen LogP contribution in [-0.4, -0.2) is 32.3 Å². The van der Waals surface area contributed by atoms with Gasteiger partial charge in [-0.2, -0.15) is 0 Å². The smallest absolute Gasteiger partial charge is 0.234 e. The molecule has 7 nitrogen and oxygen atoms in total. The minimum absolute atomic E-state index is 0.138. The summed E-state index contributed by atoms with van der Waals surface area (Å²) in [4.78, 5) is 23.3. The van der Waals surface area contributed by atoms with Crippen molar-refractivity contribution in [2.24, 2.45) is 0 Å². The standard InChI is InChI=1S/C19H19N5O2S/c1-13-5-3-4-6-17(13)24-12-20-23-19(24)27-11-18(26)22-16-9-7-15(8-10-16)21-14(2)25/h3-10,12H,11H2,1-2H3,(H,21,25)(H,22,26). The van der Waals surface area contributed by atoms with Crippen LogP contribution in [0.1, 0.15) is 12.5 Å². The minimum Gasteiger partial charge on any atom is -0.326 e. The van der Waals surface area contributed by atoms with E-state index in [9.17, 15) is 9.59 Å². The molecule has 3 rings (SSSR count). The largest absolute Gasteiger partial charge is 0.326 e. The van der Waals surface area contributed by atoms with E-state index in [4.69, 9.17) is 0 Å². The Morgan fingerprint density at radius 2 is 1.70 bits per heavy atom. The Labute approximate surface area is 161 Å². The molecule has 0 aliphatic carbocycles. The van der Waals surface area contributed by atoms with Crippen molar-refractivity contribution in [1.29, 1.82) is 0 Å². The predicted molar refractivity (Wildman–Crippen MR) is 106 cm³/mol. The van der Waals surface area contributed by atoms with Crippen LogP contribution in [0.25, 0.3) is 5.69 Å². The summed E-state index contributed by atoms with van der Waals surface area (Å²) in [5.74, 6) is -0.0783. The Balaban J connectivity index is 1.60. The number of hydrogen-bond acceptors (Lipinski definition) is 5. The van der Waals surface area contributed by atoms with E-state index in [1.54, 1.807) is 30.6 Å².